The number of esters is 1. The molecule has 0 unspecified atom stereocenters. The van der Waals surface area contributed by atoms with Crippen molar-refractivity contribution in [2.75, 3.05) is 13.7 Å². The first-order valence-corrected chi connectivity index (χ1v) is 8.14. The predicted octanol–water partition coefficient (Wildman–Crippen LogP) is 1.91. The number of carbonyl (C=O) groups excluding carboxylic acids is 2. The van der Waals surface area contributed by atoms with Crippen molar-refractivity contribution in [3.05, 3.63) is 48.0 Å². The SMILES string of the molecule is COc1cc(/C=N\NC(=O)[C@@H]2COc3ccccc3O2)ccc1OC(C)=O. The lowest BCUT2D eigenvalue weighted by Gasteiger charge is -2.24. The number of methoxy groups -OCH3 is 1. The number of amides is 1. The Morgan fingerprint density at radius 3 is 2.70 bits per heavy atom. The molecule has 27 heavy (non-hydrogen) atoms. The molecule has 2 aromatic rings. The minimum atomic E-state index is -0.794. The van der Waals surface area contributed by atoms with Crippen LogP contribution in [0.1, 0.15) is 12.5 Å². The number of ether oxygens (including phenoxy) is 4. The maximum Gasteiger partial charge on any atom is 0.308 e. The number of fused-ring (bicyclic) bond motifs is 1. The number of rotatable bonds is 5. The van der Waals surface area contributed by atoms with Crippen LogP contribution in [0.3, 0.4) is 0 Å². The molecule has 0 saturated carbocycles. The van der Waals surface area contributed by atoms with Gasteiger partial charge in [-0.2, -0.15) is 5.10 Å². The van der Waals surface area contributed by atoms with E-state index in [2.05, 4.69) is 10.5 Å². The smallest absolute Gasteiger partial charge is 0.308 e. The van der Waals surface area contributed by atoms with Gasteiger partial charge < -0.3 is 18.9 Å². The molecule has 1 aliphatic rings. The molecule has 2 aromatic carbocycles. The van der Waals surface area contributed by atoms with Crippen molar-refractivity contribution in [3.63, 3.8) is 0 Å². The average Bonchev–Trinajstić information content (AvgIpc) is 2.68. The first kappa shape index (κ1) is 18.2. The average molecular weight is 370 g/mol. The summed E-state index contributed by atoms with van der Waals surface area (Å²) in [6.45, 7) is 1.41. The van der Waals surface area contributed by atoms with Gasteiger partial charge >= 0.3 is 5.97 Å². The molecule has 8 nitrogen and oxygen atoms in total. The topological polar surface area (TPSA) is 95.5 Å². The molecule has 8 heteroatoms. The van der Waals surface area contributed by atoms with Gasteiger partial charge in [-0.15, -0.1) is 0 Å². The summed E-state index contributed by atoms with van der Waals surface area (Å²) < 4.78 is 21.3. The molecule has 1 heterocycles. The molecule has 0 spiro atoms. The maximum atomic E-state index is 12.2. The van der Waals surface area contributed by atoms with Gasteiger partial charge in [0.1, 0.15) is 6.61 Å². The van der Waals surface area contributed by atoms with Crippen LogP contribution < -0.4 is 24.4 Å². The molecule has 0 aliphatic carbocycles. The second-order valence-corrected chi connectivity index (χ2v) is 5.60. The van der Waals surface area contributed by atoms with Gasteiger partial charge in [0.15, 0.2) is 23.0 Å². The van der Waals surface area contributed by atoms with E-state index in [-0.39, 0.29) is 6.61 Å². The number of carbonyl (C=O) groups is 2. The van der Waals surface area contributed by atoms with Gasteiger partial charge in [0.25, 0.3) is 5.91 Å². The fourth-order valence-electron chi connectivity index (χ4n) is 2.39. The molecule has 1 atom stereocenters. The normalized spacial score (nSPS) is 15.3. The monoisotopic (exact) mass is 370 g/mol. The third-order valence-corrected chi connectivity index (χ3v) is 3.63. The molecule has 1 aliphatic heterocycles. The molecule has 1 N–H and O–H groups in total. The van der Waals surface area contributed by atoms with Gasteiger partial charge in [-0.3, -0.25) is 9.59 Å². The zero-order valence-corrected chi connectivity index (χ0v) is 14.8. The number of para-hydroxylation sites is 2. The first-order chi connectivity index (χ1) is 13.1. The van der Waals surface area contributed by atoms with Crippen LogP contribution in [0.4, 0.5) is 0 Å². The Balaban J connectivity index is 1.60. The van der Waals surface area contributed by atoms with Crippen molar-refractivity contribution in [3.8, 4) is 23.0 Å². The van der Waals surface area contributed by atoms with Gasteiger partial charge in [0.2, 0.25) is 6.10 Å². The first-order valence-electron chi connectivity index (χ1n) is 8.14. The van der Waals surface area contributed by atoms with Crippen molar-refractivity contribution in [2.24, 2.45) is 5.10 Å². The summed E-state index contributed by atoms with van der Waals surface area (Å²) in [5.41, 5.74) is 3.06. The van der Waals surface area contributed by atoms with E-state index in [1.807, 2.05) is 6.07 Å². The molecular formula is C19H18N2O6. The quantitative estimate of drug-likeness (QED) is 0.374. The third-order valence-electron chi connectivity index (χ3n) is 3.63. The predicted molar refractivity (Wildman–Crippen MR) is 96.4 cm³/mol. The zero-order valence-electron chi connectivity index (χ0n) is 14.8. The lowest BCUT2D eigenvalue weighted by Crippen LogP contribution is -2.42. The Bertz CT molecular complexity index is 880. The standard InChI is InChI=1S/C19H18N2O6/c1-12(22)26-16-8-7-13(9-17(16)24-2)10-20-21-19(23)18-11-25-14-5-3-4-6-15(14)27-18/h3-10,18H,11H2,1-2H3,(H,21,23)/b20-10-/t18-/m0/s1. The van der Waals surface area contributed by atoms with Gasteiger partial charge in [-0.25, -0.2) is 5.43 Å². The third kappa shape index (κ3) is 4.55. The molecule has 0 fully saturated rings. The van der Waals surface area contributed by atoms with Crippen molar-refractivity contribution < 1.29 is 28.5 Å². The van der Waals surface area contributed by atoms with E-state index in [4.69, 9.17) is 18.9 Å². The van der Waals surface area contributed by atoms with Gasteiger partial charge in [0.05, 0.1) is 13.3 Å². The second kappa shape index (κ2) is 8.22. The molecule has 0 bridgehead atoms. The number of hydrogen-bond acceptors (Lipinski definition) is 7. The van der Waals surface area contributed by atoms with E-state index < -0.39 is 18.0 Å². The van der Waals surface area contributed by atoms with Gasteiger partial charge in [-0.1, -0.05) is 12.1 Å². The van der Waals surface area contributed by atoms with Crippen LogP contribution in [0.25, 0.3) is 0 Å². The Kier molecular flexibility index (Phi) is 5.55. The number of hydrazone groups is 1. The van der Waals surface area contributed by atoms with Crippen molar-refractivity contribution >= 4 is 18.1 Å². The van der Waals surface area contributed by atoms with E-state index >= 15 is 0 Å². The summed E-state index contributed by atoms with van der Waals surface area (Å²) >= 11 is 0. The lowest BCUT2D eigenvalue weighted by atomic mass is 10.2. The highest BCUT2D eigenvalue weighted by molar-refractivity contribution is 5.85. The number of nitrogens with zero attached hydrogens (tertiary/aromatic N) is 1. The molecular weight excluding hydrogens is 352 g/mol. The van der Waals surface area contributed by atoms with Gasteiger partial charge in [-0.05, 0) is 35.9 Å². The van der Waals surface area contributed by atoms with Crippen LogP contribution in [-0.4, -0.2) is 37.9 Å². The van der Waals surface area contributed by atoms with Gasteiger partial charge in [0, 0.05) is 6.92 Å². The van der Waals surface area contributed by atoms with Crippen LogP contribution in [0.15, 0.2) is 47.6 Å². The lowest BCUT2D eigenvalue weighted by molar-refractivity contribution is -0.132. The van der Waals surface area contributed by atoms with Crippen LogP contribution in [0, 0.1) is 0 Å². The summed E-state index contributed by atoms with van der Waals surface area (Å²) in [5.74, 6) is 0.921. The Morgan fingerprint density at radius 1 is 1.19 bits per heavy atom. The molecule has 3 rings (SSSR count). The summed E-state index contributed by atoms with van der Waals surface area (Å²) in [6, 6.07) is 12.0. The van der Waals surface area contributed by atoms with Crippen molar-refractivity contribution in [1.82, 2.24) is 5.43 Å². The largest absolute Gasteiger partial charge is 0.493 e. The summed E-state index contributed by atoms with van der Waals surface area (Å²) in [7, 11) is 1.46. The summed E-state index contributed by atoms with van der Waals surface area (Å²) in [4.78, 5) is 23.3. The molecule has 140 valence electrons. The van der Waals surface area contributed by atoms with Crippen LogP contribution >= 0.6 is 0 Å². The maximum absolute atomic E-state index is 12.2. The van der Waals surface area contributed by atoms with Crippen molar-refractivity contribution in [2.45, 2.75) is 13.0 Å². The fraction of sp³-hybridized carbons (Fsp3) is 0.211. The van der Waals surface area contributed by atoms with E-state index in [9.17, 15) is 9.59 Å². The number of hydrogen-bond donors (Lipinski definition) is 1. The molecule has 0 saturated heterocycles. The molecule has 0 radical (unpaired) electrons. The number of nitrogens with one attached hydrogen (secondary N) is 1. The minimum absolute atomic E-state index is 0.100. The minimum Gasteiger partial charge on any atom is -0.493 e. The Morgan fingerprint density at radius 2 is 1.96 bits per heavy atom. The van der Waals surface area contributed by atoms with Crippen LogP contribution in [0.5, 0.6) is 23.0 Å². The van der Waals surface area contributed by atoms with E-state index in [1.54, 1.807) is 36.4 Å². The Labute approximate surface area is 155 Å². The van der Waals surface area contributed by atoms with Crippen LogP contribution in [0.2, 0.25) is 0 Å². The van der Waals surface area contributed by atoms with Crippen LogP contribution in [-0.2, 0) is 9.59 Å². The number of benzene rings is 2. The van der Waals surface area contributed by atoms with E-state index in [0.717, 1.165) is 0 Å². The fourth-order valence-corrected chi connectivity index (χ4v) is 2.39. The summed E-state index contributed by atoms with van der Waals surface area (Å²) in [6.07, 6.45) is 0.646. The van der Waals surface area contributed by atoms with E-state index in [0.29, 0.717) is 28.6 Å². The highest BCUT2D eigenvalue weighted by Crippen LogP contribution is 2.31. The highest BCUT2D eigenvalue weighted by atomic mass is 16.6. The molecule has 0 aromatic heterocycles. The second-order valence-electron chi connectivity index (χ2n) is 5.60. The molecule has 1 amide bonds. The summed E-state index contributed by atoms with van der Waals surface area (Å²) in [5, 5.41) is 3.92. The highest BCUT2D eigenvalue weighted by Gasteiger charge is 2.26. The Hall–Kier alpha value is -3.55. The van der Waals surface area contributed by atoms with Crippen molar-refractivity contribution in [1.29, 1.82) is 0 Å². The van der Waals surface area contributed by atoms with E-state index in [1.165, 1.54) is 20.2 Å². The zero-order chi connectivity index (χ0) is 19.2.